The average molecular weight is 284 g/mol. The van der Waals surface area contributed by atoms with Crippen LogP contribution in [0, 0.1) is 5.82 Å². The van der Waals surface area contributed by atoms with E-state index in [1.165, 1.54) is 12.1 Å². The summed E-state index contributed by atoms with van der Waals surface area (Å²) < 4.78 is 18.8. The SMILES string of the molecule is C=C(C)C(=O)OC(C)(c1ccccc1)c1ccc(F)cc1. The van der Waals surface area contributed by atoms with Gasteiger partial charge >= 0.3 is 5.97 Å². The maximum absolute atomic E-state index is 13.1. The van der Waals surface area contributed by atoms with Crippen LogP contribution >= 0.6 is 0 Å². The molecule has 2 aromatic rings. The van der Waals surface area contributed by atoms with Crippen molar-refractivity contribution in [3.05, 3.63) is 83.7 Å². The molecule has 1 atom stereocenters. The number of hydrogen-bond acceptors (Lipinski definition) is 2. The summed E-state index contributed by atoms with van der Waals surface area (Å²) in [6.07, 6.45) is 0. The lowest BCUT2D eigenvalue weighted by atomic mass is 9.88. The summed E-state index contributed by atoms with van der Waals surface area (Å²) in [6, 6.07) is 15.3. The number of carbonyl (C=O) groups is 1. The molecule has 0 amide bonds. The largest absolute Gasteiger partial charge is 0.446 e. The molecule has 0 aliphatic heterocycles. The molecule has 2 rings (SSSR count). The Morgan fingerprint density at radius 2 is 1.57 bits per heavy atom. The van der Waals surface area contributed by atoms with E-state index in [1.807, 2.05) is 30.3 Å². The van der Waals surface area contributed by atoms with Gasteiger partial charge in [-0.1, -0.05) is 49.0 Å². The van der Waals surface area contributed by atoms with Crippen LogP contribution < -0.4 is 0 Å². The van der Waals surface area contributed by atoms with Crippen molar-refractivity contribution in [1.29, 1.82) is 0 Å². The number of benzene rings is 2. The molecule has 0 spiro atoms. The Hall–Kier alpha value is -2.42. The fourth-order valence-corrected chi connectivity index (χ4v) is 2.08. The van der Waals surface area contributed by atoms with Crippen LogP contribution in [0.3, 0.4) is 0 Å². The minimum atomic E-state index is -0.995. The van der Waals surface area contributed by atoms with E-state index >= 15 is 0 Å². The first-order valence-electron chi connectivity index (χ1n) is 6.64. The van der Waals surface area contributed by atoms with Crippen molar-refractivity contribution in [2.75, 3.05) is 0 Å². The molecular formula is C18H17FO2. The topological polar surface area (TPSA) is 26.3 Å². The first-order valence-corrected chi connectivity index (χ1v) is 6.64. The van der Waals surface area contributed by atoms with Crippen molar-refractivity contribution in [2.45, 2.75) is 19.4 Å². The molecular weight excluding hydrogens is 267 g/mol. The maximum Gasteiger partial charge on any atom is 0.334 e. The molecule has 0 fully saturated rings. The Balaban J connectivity index is 2.51. The van der Waals surface area contributed by atoms with Crippen LogP contribution in [-0.2, 0) is 15.1 Å². The second kappa shape index (κ2) is 5.92. The lowest BCUT2D eigenvalue weighted by Crippen LogP contribution is -2.30. The predicted octanol–water partition coefficient (Wildman–Crippen LogP) is 4.21. The lowest BCUT2D eigenvalue weighted by Gasteiger charge is -2.31. The van der Waals surface area contributed by atoms with Gasteiger partial charge in [0, 0.05) is 5.57 Å². The minimum absolute atomic E-state index is 0.319. The third-order valence-electron chi connectivity index (χ3n) is 3.37. The minimum Gasteiger partial charge on any atom is -0.446 e. The molecule has 0 saturated heterocycles. The zero-order valence-corrected chi connectivity index (χ0v) is 12.1. The van der Waals surface area contributed by atoms with Gasteiger partial charge in [0.1, 0.15) is 5.82 Å². The number of halogens is 1. The third-order valence-corrected chi connectivity index (χ3v) is 3.37. The highest BCUT2D eigenvalue weighted by molar-refractivity contribution is 5.87. The Kier molecular flexibility index (Phi) is 4.22. The highest BCUT2D eigenvalue weighted by Gasteiger charge is 2.33. The van der Waals surface area contributed by atoms with Crippen LogP contribution in [0.2, 0.25) is 0 Å². The van der Waals surface area contributed by atoms with Crippen LogP contribution in [0.4, 0.5) is 4.39 Å². The van der Waals surface area contributed by atoms with E-state index in [2.05, 4.69) is 6.58 Å². The first kappa shape index (κ1) is 15.0. The standard InChI is InChI=1S/C18H17FO2/c1-13(2)17(20)21-18(3,14-7-5-4-6-8-14)15-9-11-16(19)12-10-15/h4-12H,1H2,2-3H3. The second-order valence-corrected chi connectivity index (χ2v) is 5.08. The Bertz CT molecular complexity index is 647. The molecule has 21 heavy (non-hydrogen) atoms. The van der Waals surface area contributed by atoms with Crippen molar-refractivity contribution in [3.63, 3.8) is 0 Å². The predicted molar refractivity (Wildman–Crippen MR) is 80.2 cm³/mol. The average Bonchev–Trinajstić information content (AvgIpc) is 2.48. The fraction of sp³-hybridized carbons (Fsp3) is 0.167. The zero-order valence-electron chi connectivity index (χ0n) is 12.1. The molecule has 108 valence electrons. The van der Waals surface area contributed by atoms with Gasteiger partial charge in [0.25, 0.3) is 0 Å². The van der Waals surface area contributed by atoms with E-state index in [-0.39, 0.29) is 5.82 Å². The molecule has 0 aliphatic carbocycles. The van der Waals surface area contributed by atoms with Gasteiger partial charge in [-0.3, -0.25) is 0 Å². The Morgan fingerprint density at radius 3 is 2.10 bits per heavy atom. The monoisotopic (exact) mass is 284 g/mol. The van der Waals surface area contributed by atoms with Crippen molar-refractivity contribution >= 4 is 5.97 Å². The van der Waals surface area contributed by atoms with Crippen LogP contribution in [0.5, 0.6) is 0 Å². The number of carbonyl (C=O) groups excluding carboxylic acids is 1. The van der Waals surface area contributed by atoms with Gasteiger partial charge in [-0.2, -0.15) is 0 Å². The van der Waals surface area contributed by atoms with E-state index in [9.17, 15) is 9.18 Å². The van der Waals surface area contributed by atoms with E-state index in [0.717, 1.165) is 5.56 Å². The zero-order chi connectivity index (χ0) is 15.5. The van der Waals surface area contributed by atoms with Gasteiger partial charge in [-0.05, 0) is 37.1 Å². The molecule has 0 aliphatic rings. The van der Waals surface area contributed by atoms with Crippen LogP contribution in [-0.4, -0.2) is 5.97 Å². The summed E-state index contributed by atoms with van der Waals surface area (Å²) in [7, 11) is 0. The number of ether oxygens (including phenoxy) is 1. The van der Waals surface area contributed by atoms with Crippen molar-refractivity contribution in [1.82, 2.24) is 0 Å². The van der Waals surface area contributed by atoms with E-state index in [1.54, 1.807) is 26.0 Å². The van der Waals surface area contributed by atoms with Gasteiger partial charge in [-0.25, -0.2) is 9.18 Å². The second-order valence-electron chi connectivity index (χ2n) is 5.08. The molecule has 0 radical (unpaired) electrons. The molecule has 0 bridgehead atoms. The number of hydrogen-bond donors (Lipinski definition) is 0. The summed E-state index contributed by atoms with van der Waals surface area (Å²) in [6.45, 7) is 6.99. The smallest absolute Gasteiger partial charge is 0.334 e. The summed E-state index contributed by atoms with van der Waals surface area (Å²) in [5, 5.41) is 0. The highest BCUT2D eigenvalue weighted by atomic mass is 19.1. The maximum atomic E-state index is 13.1. The third kappa shape index (κ3) is 3.19. The van der Waals surface area contributed by atoms with E-state index < -0.39 is 11.6 Å². The van der Waals surface area contributed by atoms with E-state index in [0.29, 0.717) is 11.1 Å². The van der Waals surface area contributed by atoms with Gasteiger partial charge < -0.3 is 4.74 Å². The fourth-order valence-electron chi connectivity index (χ4n) is 2.08. The first-order chi connectivity index (χ1) is 9.93. The molecule has 2 aromatic carbocycles. The molecule has 2 nitrogen and oxygen atoms in total. The van der Waals surface area contributed by atoms with Gasteiger partial charge in [0.2, 0.25) is 0 Å². The molecule has 1 unspecified atom stereocenters. The molecule has 0 N–H and O–H groups in total. The Morgan fingerprint density at radius 1 is 1.05 bits per heavy atom. The van der Waals surface area contributed by atoms with Crippen molar-refractivity contribution in [3.8, 4) is 0 Å². The summed E-state index contributed by atoms with van der Waals surface area (Å²) in [4.78, 5) is 12.0. The van der Waals surface area contributed by atoms with Gasteiger partial charge in [0.15, 0.2) is 5.60 Å². The van der Waals surface area contributed by atoms with Crippen molar-refractivity contribution < 1.29 is 13.9 Å². The lowest BCUT2D eigenvalue weighted by molar-refractivity contribution is -0.150. The number of esters is 1. The normalized spacial score (nSPS) is 13.3. The quantitative estimate of drug-likeness (QED) is 0.621. The number of rotatable bonds is 4. The Labute approximate surface area is 123 Å². The molecule has 0 heterocycles. The molecule has 0 aromatic heterocycles. The summed E-state index contributed by atoms with van der Waals surface area (Å²) in [5.74, 6) is -0.814. The molecule has 0 saturated carbocycles. The molecule has 3 heteroatoms. The van der Waals surface area contributed by atoms with Crippen LogP contribution in [0.25, 0.3) is 0 Å². The van der Waals surface area contributed by atoms with Crippen molar-refractivity contribution in [2.24, 2.45) is 0 Å². The van der Waals surface area contributed by atoms with Crippen LogP contribution in [0.1, 0.15) is 25.0 Å². The summed E-state index contributed by atoms with van der Waals surface area (Å²) in [5.41, 5.74) is 0.834. The summed E-state index contributed by atoms with van der Waals surface area (Å²) >= 11 is 0. The van der Waals surface area contributed by atoms with Crippen LogP contribution in [0.15, 0.2) is 66.7 Å². The highest BCUT2D eigenvalue weighted by Crippen LogP contribution is 2.34. The van der Waals surface area contributed by atoms with Gasteiger partial charge in [0.05, 0.1) is 0 Å². The van der Waals surface area contributed by atoms with Gasteiger partial charge in [-0.15, -0.1) is 0 Å². The van der Waals surface area contributed by atoms with E-state index in [4.69, 9.17) is 4.74 Å².